The Balaban J connectivity index is 1.40. The lowest BCUT2D eigenvalue weighted by atomic mass is 9.86. The van der Waals surface area contributed by atoms with Crippen LogP contribution in [0.2, 0.25) is 0 Å². The standard InChI is InChI=1S/C31H37F2N3O8/c1-31(2,40)24-9-5-18(14-35-24)20(17-4-8-21(43-30(32)33)22(12-17)41-19-6-7-19)11-16-3-10-25(36-13-16)44-29-26(34)28(39)27(38)23(15-37)42-29/h3-5,8-10,12-14,19-20,23,26-30,37-40H,6-7,11,15,34H2,1-2H3/t20-,23+,26+,27+,28+,29?/m0/s1. The van der Waals surface area contributed by atoms with Crippen LogP contribution < -0.4 is 19.9 Å². The molecule has 2 aromatic heterocycles. The summed E-state index contributed by atoms with van der Waals surface area (Å²) in [5, 5.41) is 40.1. The average Bonchev–Trinajstić information content (AvgIpc) is 3.81. The Bertz CT molecular complexity index is 1380. The number of benzene rings is 1. The summed E-state index contributed by atoms with van der Waals surface area (Å²) < 4.78 is 48.1. The molecule has 13 heteroatoms. The number of ether oxygens (including phenoxy) is 4. The zero-order valence-electron chi connectivity index (χ0n) is 24.3. The number of rotatable bonds is 12. The predicted molar refractivity (Wildman–Crippen MR) is 152 cm³/mol. The van der Waals surface area contributed by atoms with Gasteiger partial charge < -0.3 is 45.1 Å². The molecule has 1 saturated heterocycles. The highest BCUT2D eigenvalue weighted by molar-refractivity contribution is 5.47. The lowest BCUT2D eigenvalue weighted by Gasteiger charge is -2.40. The molecule has 2 fully saturated rings. The largest absolute Gasteiger partial charge is 0.487 e. The van der Waals surface area contributed by atoms with Crippen molar-refractivity contribution in [2.75, 3.05) is 6.61 Å². The third-order valence-corrected chi connectivity index (χ3v) is 7.62. The molecule has 2 aliphatic rings. The Hall–Kier alpha value is -3.46. The lowest BCUT2D eigenvalue weighted by Crippen LogP contribution is -2.63. The summed E-state index contributed by atoms with van der Waals surface area (Å²) in [5.74, 6) is 0.0230. The van der Waals surface area contributed by atoms with Crippen molar-refractivity contribution in [3.8, 4) is 17.4 Å². The van der Waals surface area contributed by atoms with Crippen LogP contribution in [0.15, 0.2) is 54.9 Å². The minimum absolute atomic E-state index is 0.0442. The SMILES string of the molecule is CC(C)(O)c1ccc([C@@H](Cc2ccc(OC3O[C@H](CO)[C@@H](O)[C@H](O)[C@H]3N)nc2)c2ccc(OC(F)F)c(OC3CC3)c2)cn1. The van der Waals surface area contributed by atoms with Gasteiger partial charge in [0, 0.05) is 24.4 Å². The van der Waals surface area contributed by atoms with Crippen LogP contribution in [0.3, 0.4) is 0 Å². The van der Waals surface area contributed by atoms with Gasteiger partial charge in [-0.15, -0.1) is 0 Å². The molecule has 0 radical (unpaired) electrons. The normalized spacial score (nSPS) is 24.6. The van der Waals surface area contributed by atoms with Gasteiger partial charge in [-0.2, -0.15) is 8.78 Å². The van der Waals surface area contributed by atoms with Crippen LogP contribution in [0.4, 0.5) is 8.78 Å². The number of aliphatic hydroxyl groups is 4. The van der Waals surface area contributed by atoms with E-state index in [4.69, 9.17) is 24.7 Å². The molecule has 0 bridgehead atoms. The molecule has 6 N–H and O–H groups in total. The van der Waals surface area contributed by atoms with Crippen molar-refractivity contribution >= 4 is 0 Å². The Morgan fingerprint density at radius 3 is 2.32 bits per heavy atom. The number of aromatic nitrogens is 2. The van der Waals surface area contributed by atoms with Gasteiger partial charge in [0.05, 0.1) is 24.4 Å². The highest BCUT2D eigenvalue weighted by atomic mass is 19.3. The van der Waals surface area contributed by atoms with Gasteiger partial charge in [0.1, 0.15) is 23.9 Å². The minimum Gasteiger partial charge on any atom is -0.487 e. The fraction of sp³-hybridized carbons (Fsp3) is 0.484. The summed E-state index contributed by atoms with van der Waals surface area (Å²) in [6, 6.07) is 10.8. The number of alkyl halides is 2. The number of nitrogens with zero attached hydrogens (tertiary/aromatic N) is 2. The zero-order valence-corrected chi connectivity index (χ0v) is 24.3. The molecule has 1 aliphatic heterocycles. The topological polar surface area (TPSA) is 170 Å². The molecule has 5 rings (SSSR count). The highest BCUT2D eigenvalue weighted by Gasteiger charge is 2.43. The van der Waals surface area contributed by atoms with Crippen molar-refractivity contribution in [2.45, 2.75) is 88.0 Å². The van der Waals surface area contributed by atoms with Gasteiger partial charge in [-0.05, 0) is 68.0 Å². The second-order valence-electron chi connectivity index (χ2n) is 11.6. The summed E-state index contributed by atoms with van der Waals surface area (Å²) in [4.78, 5) is 8.82. The molecule has 0 amide bonds. The third kappa shape index (κ3) is 7.60. The second kappa shape index (κ2) is 13.3. The molecular formula is C31H37F2N3O8. The van der Waals surface area contributed by atoms with E-state index in [0.29, 0.717) is 12.1 Å². The van der Waals surface area contributed by atoms with Gasteiger partial charge >= 0.3 is 6.61 Å². The molecule has 3 aromatic rings. The van der Waals surface area contributed by atoms with Crippen LogP contribution in [0, 0.1) is 0 Å². The van der Waals surface area contributed by atoms with Gasteiger partial charge in [0.15, 0.2) is 11.5 Å². The average molecular weight is 618 g/mol. The third-order valence-electron chi connectivity index (χ3n) is 7.62. The lowest BCUT2D eigenvalue weighted by molar-refractivity contribution is -0.240. The van der Waals surface area contributed by atoms with Crippen LogP contribution in [0.5, 0.6) is 17.4 Å². The van der Waals surface area contributed by atoms with Crippen molar-refractivity contribution < 1.29 is 48.2 Å². The molecule has 11 nitrogen and oxygen atoms in total. The predicted octanol–water partition coefficient (Wildman–Crippen LogP) is 2.37. The first-order valence-electron chi connectivity index (χ1n) is 14.4. The van der Waals surface area contributed by atoms with Crippen molar-refractivity contribution in [2.24, 2.45) is 5.73 Å². The molecule has 0 spiro atoms. The summed E-state index contributed by atoms with van der Waals surface area (Å²) in [7, 11) is 0. The van der Waals surface area contributed by atoms with Crippen LogP contribution in [0.25, 0.3) is 0 Å². The van der Waals surface area contributed by atoms with E-state index in [-0.39, 0.29) is 29.4 Å². The Kier molecular flexibility index (Phi) is 9.63. The maximum Gasteiger partial charge on any atom is 0.387 e. The Morgan fingerprint density at radius 1 is 0.977 bits per heavy atom. The molecule has 238 valence electrons. The van der Waals surface area contributed by atoms with Crippen LogP contribution >= 0.6 is 0 Å². The van der Waals surface area contributed by atoms with Gasteiger partial charge in [-0.1, -0.05) is 18.2 Å². The number of hydrogen-bond donors (Lipinski definition) is 5. The second-order valence-corrected chi connectivity index (χ2v) is 11.6. The van der Waals surface area contributed by atoms with Crippen molar-refractivity contribution in [3.63, 3.8) is 0 Å². The molecule has 1 aliphatic carbocycles. The number of hydrogen-bond acceptors (Lipinski definition) is 11. The van der Waals surface area contributed by atoms with E-state index in [1.807, 2.05) is 6.07 Å². The molecule has 6 atom stereocenters. The van der Waals surface area contributed by atoms with Crippen LogP contribution in [-0.2, 0) is 16.8 Å². The van der Waals surface area contributed by atoms with E-state index < -0.39 is 49.5 Å². The van der Waals surface area contributed by atoms with E-state index in [2.05, 4.69) is 9.97 Å². The van der Waals surface area contributed by atoms with E-state index >= 15 is 0 Å². The molecule has 1 saturated carbocycles. The molecular weight excluding hydrogens is 580 g/mol. The number of pyridine rings is 2. The highest BCUT2D eigenvalue weighted by Crippen LogP contribution is 2.39. The van der Waals surface area contributed by atoms with E-state index in [1.165, 1.54) is 6.07 Å². The van der Waals surface area contributed by atoms with E-state index in [9.17, 15) is 29.2 Å². The van der Waals surface area contributed by atoms with Gasteiger partial charge in [0.25, 0.3) is 0 Å². The molecule has 1 unspecified atom stereocenters. The Morgan fingerprint density at radius 2 is 1.73 bits per heavy atom. The maximum absolute atomic E-state index is 13.1. The quantitative estimate of drug-likeness (QED) is 0.202. The van der Waals surface area contributed by atoms with E-state index in [0.717, 1.165) is 29.5 Å². The Labute approximate surface area is 253 Å². The summed E-state index contributed by atoms with van der Waals surface area (Å²) >= 11 is 0. The number of halogens is 2. The number of aliphatic hydroxyl groups excluding tert-OH is 3. The van der Waals surface area contributed by atoms with E-state index in [1.54, 1.807) is 56.6 Å². The van der Waals surface area contributed by atoms with Crippen molar-refractivity contribution in [1.82, 2.24) is 9.97 Å². The minimum atomic E-state index is -3.00. The molecule has 3 heterocycles. The zero-order chi connectivity index (χ0) is 31.6. The summed E-state index contributed by atoms with van der Waals surface area (Å²) in [6.45, 7) is -0.251. The fourth-order valence-electron chi connectivity index (χ4n) is 4.96. The molecule has 44 heavy (non-hydrogen) atoms. The molecule has 1 aromatic carbocycles. The first-order chi connectivity index (χ1) is 20.9. The maximum atomic E-state index is 13.1. The summed E-state index contributed by atoms with van der Waals surface area (Å²) in [5.41, 5.74) is 7.70. The summed E-state index contributed by atoms with van der Waals surface area (Å²) in [6.07, 6.45) is 0.356. The van der Waals surface area contributed by atoms with Gasteiger partial charge in [-0.3, -0.25) is 4.98 Å². The van der Waals surface area contributed by atoms with Crippen LogP contribution in [0.1, 0.15) is 55.0 Å². The fourth-order valence-corrected chi connectivity index (χ4v) is 4.96. The number of nitrogens with two attached hydrogens (primary N) is 1. The van der Waals surface area contributed by atoms with Crippen molar-refractivity contribution in [1.29, 1.82) is 0 Å². The van der Waals surface area contributed by atoms with Gasteiger partial charge in [-0.25, -0.2) is 4.98 Å². The van der Waals surface area contributed by atoms with Gasteiger partial charge in [0.2, 0.25) is 12.2 Å². The monoisotopic (exact) mass is 617 g/mol. The van der Waals surface area contributed by atoms with Crippen LogP contribution in [-0.4, -0.2) is 80.4 Å². The van der Waals surface area contributed by atoms with Crippen molar-refractivity contribution in [3.05, 3.63) is 77.2 Å². The first-order valence-corrected chi connectivity index (χ1v) is 14.4. The smallest absolute Gasteiger partial charge is 0.387 e. The first kappa shape index (κ1) is 31.9.